The Hall–Kier alpha value is -2.73. The second kappa shape index (κ2) is 10.5. The van der Waals surface area contributed by atoms with Gasteiger partial charge in [-0.05, 0) is 48.5 Å². The van der Waals surface area contributed by atoms with Gasteiger partial charge in [0, 0.05) is 49.5 Å². The maximum atomic E-state index is 10.5. The molecule has 1 heterocycles. The minimum atomic E-state index is -0.555. The van der Waals surface area contributed by atoms with Crippen LogP contribution in [0.3, 0.4) is 0 Å². The number of hydrogen-bond donors (Lipinski definition) is 1. The van der Waals surface area contributed by atoms with E-state index in [0.717, 1.165) is 37.0 Å². The molecule has 0 spiro atoms. The zero-order chi connectivity index (χ0) is 21.5. The zero-order valence-electron chi connectivity index (χ0n) is 17.4. The van der Waals surface area contributed by atoms with Crippen molar-refractivity contribution >= 4 is 17.3 Å². The first-order valence-electron chi connectivity index (χ1n) is 10.5. The molecule has 3 aromatic rings. The van der Waals surface area contributed by atoms with E-state index in [-0.39, 0.29) is 6.61 Å². The molecule has 3 aromatic carbocycles. The van der Waals surface area contributed by atoms with E-state index in [9.17, 15) is 5.11 Å². The summed E-state index contributed by atoms with van der Waals surface area (Å²) in [7, 11) is 0. The average molecular weight is 439 g/mol. The Morgan fingerprint density at radius 1 is 0.806 bits per heavy atom. The number of anilines is 1. The lowest BCUT2D eigenvalue weighted by Crippen LogP contribution is -2.49. The second-order valence-electron chi connectivity index (χ2n) is 7.62. The summed E-state index contributed by atoms with van der Waals surface area (Å²) in [5.74, 6) is 2.16. The Bertz CT molecular complexity index is 944. The largest absolute Gasteiger partial charge is 0.491 e. The van der Waals surface area contributed by atoms with Gasteiger partial charge in [0.1, 0.15) is 30.0 Å². The van der Waals surface area contributed by atoms with Gasteiger partial charge in [-0.25, -0.2) is 0 Å². The molecule has 1 N–H and O–H groups in total. The quantitative estimate of drug-likeness (QED) is 0.552. The molecule has 1 atom stereocenters. The Balaban J connectivity index is 1.21. The van der Waals surface area contributed by atoms with Crippen molar-refractivity contribution in [2.24, 2.45) is 0 Å². The second-order valence-corrected chi connectivity index (χ2v) is 8.06. The van der Waals surface area contributed by atoms with Crippen molar-refractivity contribution in [3.8, 4) is 17.2 Å². The molecule has 6 heteroatoms. The number of piperazine rings is 1. The molecular weight excluding hydrogens is 412 g/mol. The van der Waals surface area contributed by atoms with Gasteiger partial charge in [-0.1, -0.05) is 35.9 Å². The molecule has 162 valence electrons. The summed E-state index contributed by atoms with van der Waals surface area (Å²) in [5.41, 5.74) is 1.19. The third kappa shape index (κ3) is 6.37. The smallest absolute Gasteiger partial charge is 0.131 e. The number of rotatable bonds is 8. The maximum Gasteiger partial charge on any atom is 0.131 e. The summed E-state index contributed by atoms with van der Waals surface area (Å²) in [6.07, 6.45) is -0.555. The Morgan fingerprint density at radius 2 is 1.48 bits per heavy atom. The standard InChI is InChI=1S/C25H27ClN2O3/c26-20-9-11-21(12-10-20)28-15-13-27(14-16-28)18-22(29)19-30-24-7-4-8-25(17-24)31-23-5-2-1-3-6-23/h1-12,17,22,29H,13-16,18-19H2/t22-/m0/s1. The molecule has 5 nitrogen and oxygen atoms in total. The molecule has 0 aliphatic carbocycles. The fourth-order valence-corrected chi connectivity index (χ4v) is 3.76. The van der Waals surface area contributed by atoms with Gasteiger partial charge in [0.25, 0.3) is 0 Å². The lowest BCUT2D eigenvalue weighted by Gasteiger charge is -2.36. The molecule has 1 aliphatic rings. The van der Waals surface area contributed by atoms with Crippen molar-refractivity contribution in [1.82, 2.24) is 4.90 Å². The van der Waals surface area contributed by atoms with Crippen LogP contribution in [0, 0.1) is 0 Å². The topological polar surface area (TPSA) is 45.2 Å². The molecule has 0 bridgehead atoms. The number of para-hydroxylation sites is 1. The van der Waals surface area contributed by atoms with Gasteiger partial charge in [0.2, 0.25) is 0 Å². The number of benzene rings is 3. The summed E-state index contributed by atoms with van der Waals surface area (Å²) >= 11 is 5.98. The minimum Gasteiger partial charge on any atom is -0.491 e. The minimum absolute atomic E-state index is 0.242. The van der Waals surface area contributed by atoms with Crippen LogP contribution in [0.4, 0.5) is 5.69 Å². The number of halogens is 1. The number of hydrogen-bond acceptors (Lipinski definition) is 5. The van der Waals surface area contributed by atoms with Crippen LogP contribution in [0.25, 0.3) is 0 Å². The molecule has 0 aromatic heterocycles. The van der Waals surface area contributed by atoms with E-state index >= 15 is 0 Å². The summed E-state index contributed by atoms with van der Waals surface area (Å²) in [5, 5.41) is 11.2. The Labute approximate surface area is 188 Å². The Morgan fingerprint density at radius 3 is 2.23 bits per heavy atom. The van der Waals surface area contributed by atoms with Gasteiger partial charge < -0.3 is 19.5 Å². The van der Waals surface area contributed by atoms with E-state index in [1.54, 1.807) is 0 Å². The number of aliphatic hydroxyl groups excluding tert-OH is 1. The van der Waals surface area contributed by atoms with Gasteiger partial charge in [-0.3, -0.25) is 4.90 Å². The van der Waals surface area contributed by atoms with Crippen molar-refractivity contribution in [3.05, 3.63) is 83.9 Å². The van der Waals surface area contributed by atoms with Gasteiger partial charge in [-0.15, -0.1) is 0 Å². The molecule has 1 saturated heterocycles. The SMILES string of the molecule is O[C@H](COc1cccc(Oc2ccccc2)c1)CN1CCN(c2ccc(Cl)cc2)CC1. The molecule has 0 saturated carbocycles. The molecule has 0 amide bonds. The first-order chi connectivity index (χ1) is 15.2. The fourth-order valence-electron chi connectivity index (χ4n) is 3.64. The summed E-state index contributed by atoms with van der Waals surface area (Å²) in [4.78, 5) is 4.61. The Kier molecular flexibility index (Phi) is 7.30. The highest BCUT2D eigenvalue weighted by Crippen LogP contribution is 2.25. The van der Waals surface area contributed by atoms with Crippen LogP contribution in [-0.2, 0) is 0 Å². The average Bonchev–Trinajstić information content (AvgIpc) is 2.80. The molecule has 1 aliphatic heterocycles. The third-order valence-corrected chi connectivity index (χ3v) is 5.51. The fraction of sp³-hybridized carbons (Fsp3) is 0.280. The van der Waals surface area contributed by atoms with Crippen LogP contribution in [-0.4, -0.2) is 55.4 Å². The van der Waals surface area contributed by atoms with Crippen LogP contribution in [0.5, 0.6) is 17.2 Å². The van der Waals surface area contributed by atoms with Gasteiger partial charge in [0.05, 0.1) is 0 Å². The van der Waals surface area contributed by atoms with Crippen LogP contribution in [0.1, 0.15) is 0 Å². The van der Waals surface area contributed by atoms with Crippen molar-refractivity contribution in [1.29, 1.82) is 0 Å². The van der Waals surface area contributed by atoms with Crippen molar-refractivity contribution in [2.45, 2.75) is 6.10 Å². The number of nitrogens with zero attached hydrogens (tertiary/aromatic N) is 2. The highest BCUT2D eigenvalue weighted by molar-refractivity contribution is 6.30. The first-order valence-corrected chi connectivity index (χ1v) is 10.9. The first kappa shape index (κ1) is 21.5. The summed E-state index contributed by atoms with van der Waals surface area (Å²) in [6.45, 7) is 4.49. The lowest BCUT2D eigenvalue weighted by molar-refractivity contribution is 0.0662. The van der Waals surface area contributed by atoms with Crippen molar-refractivity contribution < 1.29 is 14.6 Å². The molecule has 0 radical (unpaired) electrons. The predicted molar refractivity (Wildman–Crippen MR) is 125 cm³/mol. The van der Waals surface area contributed by atoms with E-state index in [1.807, 2.05) is 66.7 Å². The van der Waals surface area contributed by atoms with Crippen LogP contribution < -0.4 is 14.4 Å². The van der Waals surface area contributed by atoms with E-state index in [2.05, 4.69) is 21.9 Å². The van der Waals surface area contributed by atoms with Gasteiger partial charge >= 0.3 is 0 Å². The van der Waals surface area contributed by atoms with Gasteiger partial charge in [-0.2, -0.15) is 0 Å². The zero-order valence-corrected chi connectivity index (χ0v) is 18.1. The summed E-state index contributed by atoms with van der Waals surface area (Å²) in [6, 6.07) is 25.1. The predicted octanol–water partition coefficient (Wildman–Crippen LogP) is 4.69. The molecule has 31 heavy (non-hydrogen) atoms. The highest BCUT2D eigenvalue weighted by atomic mass is 35.5. The molecular formula is C25H27ClN2O3. The number of β-amino-alcohol motifs (C(OH)–C–C–N with tert-alkyl or cyclic N) is 1. The van der Waals surface area contributed by atoms with Crippen LogP contribution in [0.2, 0.25) is 5.02 Å². The molecule has 0 unspecified atom stereocenters. The van der Waals surface area contributed by atoms with Crippen LogP contribution >= 0.6 is 11.6 Å². The maximum absolute atomic E-state index is 10.5. The molecule has 1 fully saturated rings. The third-order valence-electron chi connectivity index (χ3n) is 5.26. The van der Waals surface area contributed by atoms with Crippen LogP contribution in [0.15, 0.2) is 78.9 Å². The van der Waals surface area contributed by atoms with E-state index < -0.39 is 6.10 Å². The van der Waals surface area contributed by atoms with E-state index in [1.165, 1.54) is 5.69 Å². The monoisotopic (exact) mass is 438 g/mol. The van der Waals surface area contributed by atoms with E-state index in [4.69, 9.17) is 21.1 Å². The number of ether oxygens (including phenoxy) is 2. The highest BCUT2D eigenvalue weighted by Gasteiger charge is 2.20. The van der Waals surface area contributed by atoms with E-state index in [0.29, 0.717) is 18.0 Å². The number of aliphatic hydroxyl groups is 1. The normalized spacial score (nSPS) is 15.5. The summed E-state index contributed by atoms with van der Waals surface area (Å²) < 4.78 is 11.6. The molecule has 4 rings (SSSR count). The van der Waals surface area contributed by atoms with Crippen molar-refractivity contribution in [3.63, 3.8) is 0 Å². The van der Waals surface area contributed by atoms with Gasteiger partial charge in [0.15, 0.2) is 0 Å². The lowest BCUT2D eigenvalue weighted by atomic mass is 10.2. The van der Waals surface area contributed by atoms with Crippen molar-refractivity contribution in [2.75, 3.05) is 44.2 Å².